The smallest absolute Gasteiger partial charge is 0.131 e. The maximum atomic E-state index is 15.8. The van der Waals surface area contributed by atoms with Crippen LogP contribution in [0.3, 0.4) is 0 Å². The third kappa shape index (κ3) is 6.68. The van der Waals surface area contributed by atoms with Crippen LogP contribution in [0.15, 0.2) is 85.1 Å². The highest BCUT2D eigenvalue weighted by molar-refractivity contribution is 6.00. The van der Waals surface area contributed by atoms with Crippen LogP contribution in [0.25, 0.3) is 11.1 Å². The molecule has 0 aromatic heterocycles. The Bertz CT molecular complexity index is 1350. The first-order valence-corrected chi connectivity index (χ1v) is 13.5. The molecular weight excluding hydrogens is 474 g/mol. The van der Waals surface area contributed by atoms with Crippen molar-refractivity contribution in [2.45, 2.75) is 39.0 Å². The van der Waals surface area contributed by atoms with Crippen molar-refractivity contribution < 1.29 is 8.78 Å². The average Bonchev–Trinajstić information content (AvgIpc) is 3.07. The predicted octanol–water partition coefficient (Wildman–Crippen LogP) is 7.72. The van der Waals surface area contributed by atoms with Crippen LogP contribution in [0.2, 0.25) is 0 Å². The van der Waals surface area contributed by atoms with Gasteiger partial charge in [0, 0.05) is 31.9 Å². The van der Waals surface area contributed by atoms with Crippen LogP contribution in [0.1, 0.15) is 52.6 Å². The molecule has 0 bridgehead atoms. The number of hydrogen-bond donors (Lipinski definition) is 1. The summed E-state index contributed by atoms with van der Waals surface area (Å²) < 4.78 is 29.7. The molecule has 0 saturated carbocycles. The quantitative estimate of drug-likeness (QED) is 0.221. The first-order valence-electron chi connectivity index (χ1n) is 13.5. The molecule has 3 aromatic carbocycles. The molecule has 198 valence electrons. The molecule has 0 saturated heterocycles. The number of rotatable bonds is 10. The van der Waals surface area contributed by atoms with Crippen LogP contribution in [-0.4, -0.2) is 32.1 Å². The Kier molecular flexibility index (Phi) is 9.30. The minimum atomic E-state index is -0.248. The molecule has 0 heterocycles. The van der Waals surface area contributed by atoms with Gasteiger partial charge in [-0.1, -0.05) is 55.1 Å². The molecule has 4 heteroatoms. The third-order valence-electron chi connectivity index (χ3n) is 7.24. The summed E-state index contributed by atoms with van der Waals surface area (Å²) >= 11 is 0. The summed E-state index contributed by atoms with van der Waals surface area (Å²) in [7, 11) is 3.94. The molecular formula is C34H38F2N2. The molecule has 1 aliphatic carbocycles. The molecule has 0 radical (unpaired) electrons. The van der Waals surface area contributed by atoms with Crippen molar-refractivity contribution in [1.29, 1.82) is 0 Å². The van der Waals surface area contributed by atoms with Gasteiger partial charge in [0.05, 0.1) is 0 Å². The number of nitrogens with zero attached hydrogens (tertiary/aromatic N) is 1. The van der Waals surface area contributed by atoms with Crippen molar-refractivity contribution in [3.63, 3.8) is 0 Å². The maximum absolute atomic E-state index is 15.8. The van der Waals surface area contributed by atoms with Gasteiger partial charge in [0.15, 0.2) is 0 Å². The van der Waals surface area contributed by atoms with E-state index in [0.29, 0.717) is 5.56 Å². The molecule has 0 atom stereocenters. The Morgan fingerprint density at radius 1 is 0.974 bits per heavy atom. The lowest BCUT2D eigenvalue weighted by Gasteiger charge is -2.19. The molecule has 0 spiro atoms. The average molecular weight is 513 g/mol. The number of fused-ring (bicyclic) bond motifs is 1. The second kappa shape index (κ2) is 12.8. The Hall–Kier alpha value is -3.50. The molecule has 0 amide bonds. The normalized spacial score (nSPS) is 13.5. The van der Waals surface area contributed by atoms with Crippen molar-refractivity contribution in [3.05, 3.63) is 130 Å². The fourth-order valence-corrected chi connectivity index (χ4v) is 5.13. The van der Waals surface area contributed by atoms with Crippen molar-refractivity contribution in [2.75, 3.05) is 27.2 Å². The van der Waals surface area contributed by atoms with Crippen LogP contribution in [0.4, 0.5) is 8.78 Å². The van der Waals surface area contributed by atoms with Gasteiger partial charge in [0.1, 0.15) is 11.6 Å². The van der Waals surface area contributed by atoms with E-state index in [-0.39, 0.29) is 11.6 Å². The molecule has 38 heavy (non-hydrogen) atoms. The zero-order valence-corrected chi connectivity index (χ0v) is 22.8. The molecule has 1 N–H and O–H groups in total. The fourth-order valence-electron chi connectivity index (χ4n) is 5.13. The second-order valence-corrected chi connectivity index (χ2v) is 10.2. The molecule has 3 aromatic rings. The number of aryl methyl sites for hydroxylation is 3. The van der Waals surface area contributed by atoms with Crippen molar-refractivity contribution in [3.8, 4) is 0 Å². The number of likely N-dealkylation sites (N-methyl/N-ethyl adjacent to an activating group) is 1. The van der Waals surface area contributed by atoms with Gasteiger partial charge in [-0.3, -0.25) is 0 Å². The molecule has 1 aliphatic rings. The van der Waals surface area contributed by atoms with Gasteiger partial charge in [0.2, 0.25) is 0 Å². The van der Waals surface area contributed by atoms with E-state index in [2.05, 4.69) is 36.2 Å². The zero-order chi connectivity index (χ0) is 27.1. The highest BCUT2D eigenvalue weighted by Crippen LogP contribution is 2.41. The maximum Gasteiger partial charge on any atom is 0.131 e. The summed E-state index contributed by atoms with van der Waals surface area (Å²) in [6.07, 6.45) is 8.52. The van der Waals surface area contributed by atoms with E-state index in [1.165, 1.54) is 11.6 Å². The molecule has 2 nitrogen and oxygen atoms in total. The fraction of sp³-hybridized carbons (Fsp3) is 0.294. The summed E-state index contributed by atoms with van der Waals surface area (Å²) in [5.41, 5.74) is 8.78. The van der Waals surface area contributed by atoms with Gasteiger partial charge in [0.25, 0.3) is 0 Å². The molecule has 4 rings (SSSR count). The minimum absolute atomic E-state index is 0.204. The summed E-state index contributed by atoms with van der Waals surface area (Å²) in [5, 5.41) is 3.40. The third-order valence-corrected chi connectivity index (χ3v) is 7.24. The Morgan fingerprint density at radius 3 is 2.53 bits per heavy atom. The van der Waals surface area contributed by atoms with E-state index in [1.54, 1.807) is 12.1 Å². The van der Waals surface area contributed by atoms with E-state index in [1.807, 2.05) is 56.3 Å². The highest BCUT2D eigenvalue weighted by atomic mass is 19.1. The Morgan fingerprint density at radius 2 is 1.76 bits per heavy atom. The van der Waals surface area contributed by atoms with Gasteiger partial charge in [-0.15, -0.1) is 0 Å². The van der Waals surface area contributed by atoms with E-state index in [4.69, 9.17) is 0 Å². The lowest BCUT2D eigenvalue weighted by Crippen LogP contribution is -2.16. The largest absolute Gasteiger partial charge is 0.378 e. The monoisotopic (exact) mass is 512 g/mol. The summed E-state index contributed by atoms with van der Waals surface area (Å²) in [4.78, 5) is 1.97. The zero-order valence-electron chi connectivity index (χ0n) is 22.8. The topological polar surface area (TPSA) is 15.3 Å². The standard InChI is InChI=1S/C34H38F2N2/c1-24-22-28(35)17-19-29(24)31-15-7-13-27-12-5-6-14-30(27)34(31)32-18-16-26(23-33(32)36)11-9-21-37-20-8-10-25(2)38(3)4/h5-6,8,10,12,14,16-19,22-23,37H,2,7,9,11,13,15,20-21H2,1,3-4H3/b10-8+. The summed E-state index contributed by atoms with van der Waals surface area (Å²) in [6.45, 7) is 7.55. The first kappa shape index (κ1) is 27.5. The number of benzene rings is 3. The van der Waals surface area contributed by atoms with Gasteiger partial charge in [-0.25, -0.2) is 8.78 Å². The first-order chi connectivity index (χ1) is 18.3. The van der Waals surface area contributed by atoms with Crippen molar-refractivity contribution in [2.24, 2.45) is 0 Å². The van der Waals surface area contributed by atoms with E-state index in [0.717, 1.165) is 84.3 Å². The van der Waals surface area contributed by atoms with Crippen molar-refractivity contribution >= 4 is 11.1 Å². The van der Waals surface area contributed by atoms with Crippen LogP contribution < -0.4 is 5.32 Å². The molecule has 0 aliphatic heterocycles. The van der Waals surface area contributed by atoms with Gasteiger partial charge in [-0.2, -0.15) is 0 Å². The summed E-state index contributed by atoms with van der Waals surface area (Å²) in [6, 6.07) is 18.9. The van der Waals surface area contributed by atoms with Crippen molar-refractivity contribution in [1.82, 2.24) is 10.2 Å². The second-order valence-electron chi connectivity index (χ2n) is 10.2. The number of nitrogens with one attached hydrogen (secondary N) is 1. The van der Waals surface area contributed by atoms with Gasteiger partial charge in [-0.05, 0) is 109 Å². The van der Waals surface area contributed by atoms with Gasteiger partial charge >= 0.3 is 0 Å². The lowest BCUT2D eigenvalue weighted by atomic mass is 9.86. The van der Waals surface area contributed by atoms with Crippen LogP contribution >= 0.6 is 0 Å². The number of hydrogen-bond acceptors (Lipinski definition) is 2. The minimum Gasteiger partial charge on any atom is -0.378 e. The predicted molar refractivity (Wildman–Crippen MR) is 156 cm³/mol. The van der Waals surface area contributed by atoms with E-state index >= 15 is 4.39 Å². The van der Waals surface area contributed by atoms with E-state index in [9.17, 15) is 4.39 Å². The molecule has 0 unspecified atom stereocenters. The number of halogens is 2. The highest BCUT2D eigenvalue weighted by Gasteiger charge is 2.23. The summed E-state index contributed by atoms with van der Waals surface area (Å²) in [5.74, 6) is -0.452. The van der Waals surface area contributed by atoms with E-state index < -0.39 is 0 Å². The van der Waals surface area contributed by atoms with Gasteiger partial charge < -0.3 is 10.2 Å². The van der Waals surface area contributed by atoms with Crippen LogP contribution in [0.5, 0.6) is 0 Å². The Balaban J connectivity index is 1.56. The number of allylic oxidation sites excluding steroid dienone is 2. The van der Waals surface area contributed by atoms with Crippen LogP contribution in [-0.2, 0) is 12.8 Å². The molecule has 0 fully saturated rings. The SMILES string of the molecule is C=C(/C=C/CNCCCc1ccc(C2=C(c3ccc(F)cc3C)CCCc3ccccc32)c(F)c1)N(C)C. The lowest BCUT2D eigenvalue weighted by molar-refractivity contribution is 0.532. The van der Waals surface area contributed by atoms with Crippen LogP contribution in [0, 0.1) is 18.6 Å². The Labute approximate surface area is 226 Å².